The number of pyridine rings is 1. The molecule has 4 heteroatoms. The summed E-state index contributed by atoms with van der Waals surface area (Å²) in [6, 6.07) is 14.2. The molecule has 0 aliphatic carbocycles. The molecule has 0 radical (unpaired) electrons. The predicted octanol–water partition coefficient (Wildman–Crippen LogP) is 3.43. The maximum atomic E-state index is 5.10. The minimum absolute atomic E-state index is 0.211. The highest BCUT2D eigenvalue weighted by Crippen LogP contribution is 2.24. The third-order valence-corrected chi connectivity index (χ3v) is 3.56. The van der Waals surface area contributed by atoms with Crippen LogP contribution in [0.3, 0.4) is 0 Å². The first-order chi connectivity index (χ1) is 10.3. The van der Waals surface area contributed by atoms with Crippen molar-refractivity contribution in [2.24, 2.45) is 0 Å². The fraction of sp³-hybridized carbons (Fsp3) is 0.176. The van der Waals surface area contributed by atoms with E-state index >= 15 is 0 Å². The molecule has 0 saturated carbocycles. The maximum absolute atomic E-state index is 5.10. The Hall–Kier alpha value is -2.62. The van der Waals surface area contributed by atoms with Gasteiger partial charge < -0.3 is 9.30 Å². The van der Waals surface area contributed by atoms with Gasteiger partial charge >= 0.3 is 0 Å². The Morgan fingerprint density at radius 3 is 2.52 bits per heavy atom. The Labute approximate surface area is 124 Å². The smallest absolute Gasteiger partial charge is 0.213 e. The van der Waals surface area contributed by atoms with Crippen molar-refractivity contribution in [2.45, 2.75) is 12.8 Å². The summed E-state index contributed by atoms with van der Waals surface area (Å²) >= 11 is 0. The second kappa shape index (κ2) is 5.79. The van der Waals surface area contributed by atoms with Crippen LogP contribution in [0.25, 0.3) is 5.69 Å². The van der Waals surface area contributed by atoms with E-state index in [4.69, 9.17) is 4.74 Å². The normalized spacial score (nSPS) is 12.1. The number of rotatable bonds is 4. The highest BCUT2D eigenvalue weighted by atomic mass is 16.5. The molecule has 21 heavy (non-hydrogen) atoms. The number of hydrogen-bond donors (Lipinski definition) is 0. The average Bonchev–Trinajstić information content (AvgIpc) is 3.04. The Kier molecular flexibility index (Phi) is 3.69. The molecule has 1 unspecified atom stereocenters. The molecule has 1 aromatic carbocycles. The summed E-state index contributed by atoms with van der Waals surface area (Å²) < 4.78 is 7.16. The van der Waals surface area contributed by atoms with Gasteiger partial charge in [-0.1, -0.05) is 37.3 Å². The van der Waals surface area contributed by atoms with Crippen molar-refractivity contribution < 1.29 is 4.74 Å². The molecule has 1 atom stereocenters. The fourth-order valence-electron chi connectivity index (χ4n) is 2.38. The molecule has 0 fully saturated rings. The highest BCUT2D eigenvalue weighted by molar-refractivity contribution is 5.35. The molecule has 106 valence electrons. The van der Waals surface area contributed by atoms with Gasteiger partial charge in [-0.15, -0.1) is 0 Å². The quantitative estimate of drug-likeness (QED) is 0.734. The standard InChI is InChI=1S/C17H17N3O/c1-13(14-6-4-3-5-7-14)17-18-10-11-20(17)15-8-9-16(21-2)19-12-15/h3-13H,1-2H3. The van der Waals surface area contributed by atoms with Crippen molar-refractivity contribution in [1.29, 1.82) is 0 Å². The molecule has 0 aliphatic heterocycles. The zero-order valence-electron chi connectivity index (χ0n) is 12.1. The monoisotopic (exact) mass is 279 g/mol. The molecule has 2 heterocycles. The van der Waals surface area contributed by atoms with Crippen LogP contribution in [0, 0.1) is 0 Å². The summed E-state index contributed by atoms with van der Waals surface area (Å²) in [6.45, 7) is 2.16. The third-order valence-electron chi connectivity index (χ3n) is 3.56. The van der Waals surface area contributed by atoms with Crippen LogP contribution in [-0.2, 0) is 0 Å². The summed E-state index contributed by atoms with van der Waals surface area (Å²) in [6.07, 6.45) is 5.57. The molecular weight excluding hydrogens is 262 g/mol. The largest absolute Gasteiger partial charge is 0.481 e. The van der Waals surface area contributed by atoms with E-state index in [0.29, 0.717) is 5.88 Å². The minimum Gasteiger partial charge on any atom is -0.481 e. The van der Waals surface area contributed by atoms with Gasteiger partial charge in [0.2, 0.25) is 5.88 Å². The Morgan fingerprint density at radius 2 is 1.86 bits per heavy atom. The number of hydrogen-bond acceptors (Lipinski definition) is 3. The average molecular weight is 279 g/mol. The van der Waals surface area contributed by atoms with Crippen LogP contribution in [-0.4, -0.2) is 21.6 Å². The minimum atomic E-state index is 0.211. The van der Waals surface area contributed by atoms with Gasteiger partial charge in [0.15, 0.2) is 0 Å². The molecule has 3 rings (SSSR count). The summed E-state index contributed by atoms with van der Waals surface area (Å²) in [5.41, 5.74) is 2.22. The van der Waals surface area contributed by atoms with E-state index in [1.165, 1.54) is 5.56 Å². The Balaban J connectivity index is 1.96. The van der Waals surface area contributed by atoms with Gasteiger partial charge in [0.1, 0.15) is 5.82 Å². The van der Waals surface area contributed by atoms with Gasteiger partial charge in [-0.05, 0) is 11.6 Å². The van der Waals surface area contributed by atoms with Gasteiger partial charge in [-0.25, -0.2) is 9.97 Å². The zero-order chi connectivity index (χ0) is 14.7. The van der Waals surface area contributed by atoms with Crippen LogP contribution < -0.4 is 4.74 Å². The number of nitrogens with zero attached hydrogens (tertiary/aromatic N) is 3. The van der Waals surface area contributed by atoms with Crippen molar-refractivity contribution in [1.82, 2.24) is 14.5 Å². The first-order valence-electron chi connectivity index (χ1n) is 6.88. The molecule has 0 amide bonds. The maximum Gasteiger partial charge on any atom is 0.213 e. The first-order valence-corrected chi connectivity index (χ1v) is 6.88. The lowest BCUT2D eigenvalue weighted by Gasteiger charge is -2.14. The van der Waals surface area contributed by atoms with Crippen molar-refractivity contribution in [3.8, 4) is 11.6 Å². The lowest BCUT2D eigenvalue weighted by atomic mass is 10.0. The van der Waals surface area contributed by atoms with E-state index in [-0.39, 0.29) is 5.92 Å². The molecule has 0 saturated heterocycles. The second-order valence-electron chi connectivity index (χ2n) is 4.85. The van der Waals surface area contributed by atoms with E-state index < -0.39 is 0 Å². The van der Waals surface area contributed by atoms with Gasteiger partial charge in [0, 0.05) is 24.4 Å². The lowest BCUT2D eigenvalue weighted by molar-refractivity contribution is 0.398. The molecule has 4 nitrogen and oxygen atoms in total. The zero-order valence-corrected chi connectivity index (χ0v) is 12.1. The van der Waals surface area contributed by atoms with Gasteiger partial charge in [-0.3, -0.25) is 0 Å². The van der Waals surface area contributed by atoms with Crippen molar-refractivity contribution >= 4 is 0 Å². The van der Waals surface area contributed by atoms with Gasteiger partial charge in [0.05, 0.1) is 19.0 Å². The van der Waals surface area contributed by atoms with Crippen LogP contribution in [0.4, 0.5) is 0 Å². The number of benzene rings is 1. The van der Waals surface area contributed by atoms with Crippen LogP contribution in [0.2, 0.25) is 0 Å². The van der Waals surface area contributed by atoms with Crippen molar-refractivity contribution in [3.63, 3.8) is 0 Å². The fourth-order valence-corrected chi connectivity index (χ4v) is 2.38. The molecular formula is C17H17N3O. The van der Waals surface area contributed by atoms with Crippen molar-refractivity contribution in [2.75, 3.05) is 7.11 Å². The van der Waals surface area contributed by atoms with E-state index in [1.807, 2.05) is 42.7 Å². The topological polar surface area (TPSA) is 39.9 Å². The van der Waals surface area contributed by atoms with E-state index in [2.05, 4.69) is 33.6 Å². The summed E-state index contributed by atoms with van der Waals surface area (Å²) in [5.74, 6) is 1.81. The van der Waals surface area contributed by atoms with Gasteiger partial charge in [-0.2, -0.15) is 0 Å². The third kappa shape index (κ3) is 2.65. The SMILES string of the molecule is COc1ccc(-n2ccnc2C(C)c2ccccc2)cn1. The molecule has 0 aliphatic rings. The van der Waals surface area contributed by atoms with Crippen LogP contribution in [0.1, 0.15) is 24.2 Å². The number of ether oxygens (including phenoxy) is 1. The molecule has 0 bridgehead atoms. The summed E-state index contributed by atoms with van der Waals surface area (Å²) in [4.78, 5) is 8.77. The Morgan fingerprint density at radius 1 is 1.05 bits per heavy atom. The van der Waals surface area contributed by atoms with Crippen molar-refractivity contribution in [3.05, 3.63) is 72.4 Å². The lowest BCUT2D eigenvalue weighted by Crippen LogP contribution is -2.06. The first kappa shape index (κ1) is 13.4. The highest BCUT2D eigenvalue weighted by Gasteiger charge is 2.15. The Bertz CT molecular complexity index is 704. The van der Waals surface area contributed by atoms with Crippen LogP contribution in [0.15, 0.2) is 61.1 Å². The van der Waals surface area contributed by atoms with E-state index in [0.717, 1.165) is 11.5 Å². The molecule has 3 aromatic rings. The molecule has 2 aromatic heterocycles. The van der Waals surface area contributed by atoms with E-state index in [9.17, 15) is 0 Å². The molecule has 0 N–H and O–H groups in total. The summed E-state index contributed by atoms with van der Waals surface area (Å²) in [7, 11) is 1.61. The number of imidazole rings is 1. The van der Waals surface area contributed by atoms with Gasteiger partial charge in [0.25, 0.3) is 0 Å². The van der Waals surface area contributed by atoms with E-state index in [1.54, 1.807) is 13.3 Å². The predicted molar refractivity (Wildman–Crippen MR) is 81.9 cm³/mol. The summed E-state index contributed by atoms with van der Waals surface area (Å²) in [5, 5.41) is 0. The van der Waals surface area contributed by atoms with Crippen LogP contribution in [0.5, 0.6) is 5.88 Å². The van der Waals surface area contributed by atoms with Crippen LogP contribution >= 0.6 is 0 Å². The second-order valence-corrected chi connectivity index (χ2v) is 4.85. The molecule has 0 spiro atoms. The number of methoxy groups -OCH3 is 1. The number of aromatic nitrogens is 3.